The molecule has 4 saturated carbocycles. The van der Waals surface area contributed by atoms with Crippen molar-refractivity contribution in [1.29, 1.82) is 0 Å². The van der Waals surface area contributed by atoms with Crippen LogP contribution >= 0.6 is 0 Å². The number of rotatable bonds is 12. The Bertz CT molecular complexity index is 1400. The predicted molar refractivity (Wildman–Crippen MR) is 183 cm³/mol. The Hall–Kier alpha value is -3.20. The summed E-state index contributed by atoms with van der Waals surface area (Å²) in [5.74, 6) is 3.13. The van der Waals surface area contributed by atoms with Gasteiger partial charge in [0.1, 0.15) is 19.3 Å². The van der Waals surface area contributed by atoms with E-state index in [0.29, 0.717) is 42.6 Å². The minimum atomic E-state index is -0.756. The summed E-state index contributed by atoms with van der Waals surface area (Å²) in [7, 11) is 0. The van der Waals surface area contributed by atoms with E-state index in [1.165, 1.54) is 38.5 Å². The van der Waals surface area contributed by atoms with Crippen molar-refractivity contribution in [2.75, 3.05) is 6.54 Å². The van der Waals surface area contributed by atoms with Crippen LogP contribution in [0.15, 0.2) is 42.9 Å². The van der Waals surface area contributed by atoms with Crippen molar-refractivity contribution < 1.29 is 23.9 Å². The van der Waals surface area contributed by atoms with Crippen molar-refractivity contribution in [2.45, 2.75) is 117 Å². The third-order valence-corrected chi connectivity index (χ3v) is 13.5. The molecule has 0 radical (unpaired) electrons. The van der Waals surface area contributed by atoms with Crippen LogP contribution in [0.1, 0.15) is 103 Å². The molecule has 262 valence electrons. The molecular weight excluding hydrogens is 604 g/mol. The lowest BCUT2D eigenvalue weighted by molar-refractivity contribution is -0.162. The van der Waals surface area contributed by atoms with Gasteiger partial charge in [-0.15, -0.1) is 0 Å². The maximum Gasteiger partial charge on any atom is 0.325 e. The van der Waals surface area contributed by atoms with Gasteiger partial charge in [0.15, 0.2) is 0 Å². The highest BCUT2D eigenvalue weighted by molar-refractivity contribution is 5.85. The summed E-state index contributed by atoms with van der Waals surface area (Å²) >= 11 is 0. The van der Waals surface area contributed by atoms with Gasteiger partial charge in [0, 0.05) is 24.7 Å². The zero-order valence-corrected chi connectivity index (χ0v) is 29.1. The maximum absolute atomic E-state index is 12.7. The van der Waals surface area contributed by atoms with Crippen molar-refractivity contribution >= 4 is 17.8 Å². The van der Waals surface area contributed by atoms with Crippen LogP contribution in [0.25, 0.3) is 0 Å². The predicted octanol–water partition coefficient (Wildman–Crippen LogP) is 6.13. The summed E-state index contributed by atoms with van der Waals surface area (Å²) in [5, 5.41) is 2.65. The van der Waals surface area contributed by atoms with Gasteiger partial charge in [0.05, 0.1) is 12.4 Å². The molecule has 0 spiro atoms. The first kappa shape index (κ1) is 34.7. The van der Waals surface area contributed by atoms with Gasteiger partial charge in [0.2, 0.25) is 5.91 Å². The largest absolute Gasteiger partial charge is 0.461 e. The number of nitrogens with one attached hydrogen (secondary N) is 2. The Kier molecular flexibility index (Phi) is 10.6. The number of nitrogens with two attached hydrogens (primary N) is 1. The molecule has 0 unspecified atom stereocenters. The molecule has 4 aliphatic rings. The number of esters is 2. The molecule has 4 aliphatic carbocycles. The fourth-order valence-corrected chi connectivity index (χ4v) is 10.9. The summed E-state index contributed by atoms with van der Waals surface area (Å²) in [6, 6.07) is 9.15. The number of carbonyl (C=O) groups excluding carboxylic acids is 3. The topological polar surface area (TPSA) is 136 Å². The Morgan fingerprint density at radius 3 is 2.54 bits per heavy atom. The minimum absolute atomic E-state index is 0.0862. The number of aromatic amines is 1. The average molecular weight is 661 g/mol. The third kappa shape index (κ3) is 7.36. The van der Waals surface area contributed by atoms with E-state index in [2.05, 4.69) is 36.1 Å². The number of imidazole rings is 1. The number of ether oxygens (including phenoxy) is 2. The van der Waals surface area contributed by atoms with Crippen molar-refractivity contribution in [2.24, 2.45) is 52.1 Å². The highest BCUT2D eigenvalue weighted by Gasteiger charge is 2.60. The molecule has 1 aromatic heterocycles. The van der Waals surface area contributed by atoms with E-state index in [4.69, 9.17) is 15.2 Å². The molecule has 1 amide bonds. The fourth-order valence-electron chi connectivity index (χ4n) is 10.9. The number of aromatic nitrogens is 2. The van der Waals surface area contributed by atoms with Crippen molar-refractivity contribution in [3.63, 3.8) is 0 Å². The van der Waals surface area contributed by atoms with Crippen LogP contribution in [0.5, 0.6) is 0 Å². The van der Waals surface area contributed by atoms with E-state index in [1.54, 1.807) is 12.5 Å². The molecule has 9 heteroatoms. The first-order valence-electron chi connectivity index (χ1n) is 18.5. The lowest BCUT2D eigenvalue weighted by Crippen LogP contribution is -2.54. The molecule has 2 aromatic rings. The average Bonchev–Trinajstić information content (AvgIpc) is 3.73. The van der Waals surface area contributed by atoms with Crippen LogP contribution in [0.3, 0.4) is 0 Å². The van der Waals surface area contributed by atoms with Gasteiger partial charge < -0.3 is 25.5 Å². The van der Waals surface area contributed by atoms with Crippen LogP contribution in [-0.4, -0.2) is 46.5 Å². The van der Waals surface area contributed by atoms with Crippen LogP contribution in [0, 0.1) is 46.3 Å². The lowest BCUT2D eigenvalue weighted by atomic mass is 9.44. The smallest absolute Gasteiger partial charge is 0.325 e. The zero-order valence-electron chi connectivity index (χ0n) is 29.1. The summed E-state index contributed by atoms with van der Waals surface area (Å²) in [4.78, 5) is 44.6. The molecule has 0 bridgehead atoms. The normalized spacial score (nSPS) is 33.8. The molecule has 10 atom stereocenters. The molecule has 0 aliphatic heterocycles. The molecule has 4 N–H and O–H groups in total. The summed E-state index contributed by atoms with van der Waals surface area (Å²) in [5.41, 5.74) is 8.44. The zero-order chi connectivity index (χ0) is 33.9. The van der Waals surface area contributed by atoms with E-state index < -0.39 is 6.04 Å². The van der Waals surface area contributed by atoms with Gasteiger partial charge in [-0.05, 0) is 116 Å². The molecule has 1 aromatic carbocycles. The van der Waals surface area contributed by atoms with Gasteiger partial charge in [0.25, 0.3) is 0 Å². The Morgan fingerprint density at radius 2 is 1.77 bits per heavy atom. The quantitative estimate of drug-likeness (QED) is 0.233. The monoisotopic (exact) mass is 660 g/mol. The third-order valence-electron chi connectivity index (χ3n) is 13.5. The molecule has 6 rings (SSSR count). The van der Waals surface area contributed by atoms with Gasteiger partial charge in [-0.3, -0.25) is 14.4 Å². The summed E-state index contributed by atoms with van der Waals surface area (Å²) in [6.45, 7) is 7.67. The van der Waals surface area contributed by atoms with Crippen molar-refractivity contribution in [3.05, 3.63) is 54.1 Å². The van der Waals surface area contributed by atoms with Crippen molar-refractivity contribution in [1.82, 2.24) is 15.3 Å². The standard InChI is InChI=1S/C39H56N4O5/c1-25(9-14-35(44)47-23-26-7-5-4-6-8-26)31-12-13-32-30-11-10-27-19-29(15-17-38(27,2)33(30)16-18-39(31,32)3)48-36(45)22-42-37(46)34(40)20-28-21-41-24-43-28/h4-8,21,24-25,27,29-34H,9-20,22-23,40H2,1-3H3,(H,41,43)(H,42,46)/t25-,27+,29+,30-,31+,32-,33-,34-,38-,39+/m0/s1. The maximum atomic E-state index is 12.7. The number of hydrogen-bond acceptors (Lipinski definition) is 7. The SMILES string of the molecule is C[C@@H](CCC(=O)OCc1ccccc1)[C@H]1CC[C@H]2[C@@H]3CC[C@@H]4C[C@H](OC(=O)CNC(=O)[C@@H](N)Cc5cnc[nH]5)CC[C@]4(C)[C@H]3CC[C@]12C. The molecule has 1 heterocycles. The Balaban J connectivity index is 0.966. The number of amides is 1. The van der Waals surface area contributed by atoms with Crippen LogP contribution < -0.4 is 11.1 Å². The fraction of sp³-hybridized carbons (Fsp3) is 0.692. The molecular formula is C39H56N4O5. The number of carbonyl (C=O) groups is 3. The van der Waals surface area contributed by atoms with E-state index in [0.717, 1.165) is 54.7 Å². The number of hydrogen-bond donors (Lipinski definition) is 3. The lowest BCUT2D eigenvalue weighted by Gasteiger charge is -2.61. The van der Waals surface area contributed by atoms with E-state index in [-0.39, 0.29) is 35.9 Å². The molecule has 4 fully saturated rings. The number of nitrogens with zero attached hydrogens (tertiary/aromatic N) is 1. The first-order valence-corrected chi connectivity index (χ1v) is 18.5. The minimum Gasteiger partial charge on any atom is -0.461 e. The van der Waals surface area contributed by atoms with Gasteiger partial charge in [-0.1, -0.05) is 51.1 Å². The van der Waals surface area contributed by atoms with Crippen LogP contribution in [0.4, 0.5) is 0 Å². The Morgan fingerprint density at radius 1 is 1.00 bits per heavy atom. The second kappa shape index (κ2) is 14.7. The molecule has 48 heavy (non-hydrogen) atoms. The molecule has 9 nitrogen and oxygen atoms in total. The van der Waals surface area contributed by atoms with Gasteiger partial charge in [-0.25, -0.2) is 4.98 Å². The Labute approximate surface area is 285 Å². The van der Waals surface area contributed by atoms with Gasteiger partial charge in [-0.2, -0.15) is 0 Å². The van der Waals surface area contributed by atoms with Gasteiger partial charge >= 0.3 is 11.9 Å². The molecule has 0 saturated heterocycles. The number of fused-ring (bicyclic) bond motifs is 5. The van der Waals surface area contributed by atoms with Crippen LogP contribution in [-0.2, 0) is 36.9 Å². The highest BCUT2D eigenvalue weighted by atomic mass is 16.5. The summed E-state index contributed by atoms with van der Waals surface area (Å²) < 4.78 is 11.5. The van der Waals surface area contributed by atoms with Crippen molar-refractivity contribution in [3.8, 4) is 0 Å². The second-order valence-electron chi connectivity index (χ2n) is 16.0. The number of H-pyrrole nitrogens is 1. The second-order valence-corrected chi connectivity index (χ2v) is 16.0. The van der Waals surface area contributed by atoms with Crippen LogP contribution in [0.2, 0.25) is 0 Å². The summed E-state index contributed by atoms with van der Waals surface area (Å²) in [6.07, 6.45) is 15.3. The van der Waals surface area contributed by atoms with E-state index >= 15 is 0 Å². The number of benzene rings is 1. The highest BCUT2D eigenvalue weighted by Crippen LogP contribution is 2.68. The first-order chi connectivity index (χ1) is 23.1. The van der Waals surface area contributed by atoms with E-state index in [9.17, 15) is 14.4 Å². The van der Waals surface area contributed by atoms with E-state index in [1.807, 2.05) is 30.3 Å².